The zero-order valence-corrected chi connectivity index (χ0v) is 17.1. The SMILES string of the molecule is CCN1CC(=O)N(CC(C)(C)CCCCCOCCC(C)C)C1=S. The summed E-state index contributed by atoms with van der Waals surface area (Å²) in [5.74, 6) is 0.863. The van der Waals surface area contributed by atoms with E-state index in [1.54, 1.807) is 4.90 Å². The lowest BCUT2D eigenvalue weighted by Crippen LogP contribution is -2.39. The van der Waals surface area contributed by atoms with Crippen LogP contribution in [0.25, 0.3) is 0 Å². The highest BCUT2D eigenvalue weighted by Gasteiger charge is 2.35. The molecule has 0 radical (unpaired) electrons. The quantitative estimate of drug-likeness (QED) is 0.389. The highest BCUT2D eigenvalue weighted by atomic mass is 32.1. The van der Waals surface area contributed by atoms with Crippen LogP contribution in [0.15, 0.2) is 0 Å². The molecular formula is C19H36N2O2S. The molecule has 1 fully saturated rings. The van der Waals surface area contributed by atoms with Crippen LogP contribution in [-0.4, -0.2) is 53.7 Å². The standard InChI is InChI=1S/C19H36N2O2S/c1-6-20-14-17(22)21(18(20)24)15-19(4,5)11-8-7-9-12-23-13-10-16(2)3/h16H,6-15H2,1-5H3. The number of unbranched alkanes of at least 4 members (excludes halogenated alkanes) is 2. The fourth-order valence-electron chi connectivity index (χ4n) is 2.91. The van der Waals surface area contributed by atoms with Gasteiger partial charge in [-0.1, -0.05) is 40.5 Å². The van der Waals surface area contributed by atoms with Gasteiger partial charge in [-0.05, 0) is 49.7 Å². The largest absolute Gasteiger partial charge is 0.381 e. The van der Waals surface area contributed by atoms with Crippen LogP contribution in [0.2, 0.25) is 0 Å². The average molecular weight is 357 g/mol. The molecule has 5 heteroatoms. The minimum atomic E-state index is 0.0992. The number of ether oxygens (including phenoxy) is 1. The second-order valence-corrected chi connectivity index (χ2v) is 8.41. The zero-order valence-electron chi connectivity index (χ0n) is 16.3. The Balaban J connectivity index is 2.20. The van der Waals surface area contributed by atoms with E-state index in [9.17, 15) is 4.79 Å². The maximum atomic E-state index is 12.1. The van der Waals surface area contributed by atoms with Gasteiger partial charge in [0.05, 0.1) is 6.54 Å². The first-order chi connectivity index (χ1) is 11.3. The minimum Gasteiger partial charge on any atom is -0.381 e. The summed E-state index contributed by atoms with van der Waals surface area (Å²) in [4.78, 5) is 15.9. The number of nitrogens with zero attached hydrogens (tertiary/aromatic N) is 2. The molecule has 0 aromatic heterocycles. The summed E-state index contributed by atoms with van der Waals surface area (Å²) in [5, 5.41) is 0.703. The van der Waals surface area contributed by atoms with E-state index in [-0.39, 0.29) is 11.3 Å². The summed E-state index contributed by atoms with van der Waals surface area (Å²) in [7, 11) is 0. The van der Waals surface area contributed by atoms with Gasteiger partial charge in [0.25, 0.3) is 0 Å². The Morgan fingerprint density at radius 1 is 1.21 bits per heavy atom. The van der Waals surface area contributed by atoms with Crippen molar-refractivity contribution in [3.05, 3.63) is 0 Å². The lowest BCUT2D eigenvalue weighted by molar-refractivity contribution is -0.126. The zero-order chi connectivity index (χ0) is 18.2. The predicted molar refractivity (Wildman–Crippen MR) is 104 cm³/mol. The monoisotopic (exact) mass is 356 g/mol. The van der Waals surface area contributed by atoms with Gasteiger partial charge in [0.2, 0.25) is 5.91 Å². The first-order valence-electron chi connectivity index (χ1n) is 9.44. The highest BCUT2D eigenvalue weighted by molar-refractivity contribution is 7.80. The number of hydrogen-bond acceptors (Lipinski definition) is 3. The van der Waals surface area contributed by atoms with Crippen LogP contribution in [0, 0.1) is 11.3 Å². The van der Waals surface area contributed by atoms with Crippen molar-refractivity contribution in [2.75, 3.05) is 32.8 Å². The normalized spacial score (nSPS) is 15.9. The highest BCUT2D eigenvalue weighted by Crippen LogP contribution is 2.27. The summed E-state index contributed by atoms with van der Waals surface area (Å²) >= 11 is 5.43. The lowest BCUT2D eigenvalue weighted by atomic mass is 9.86. The molecule has 0 atom stereocenters. The third kappa shape index (κ3) is 7.47. The molecule has 1 heterocycles. The van der Waals surface area contributed by atoms with E-state index < -0.39 is 0 Å². The second kappa shape index (κ2) is 10.3. The smallest absolute Gasteiger partial charge is 0.248 e. The molecule has 1 aliphatic heterocycles. The Labute approximate surface area is 153 Å². The van der Waals surface area contributed by atoms with Crippen LogP contribution in [0.5, 0.6) is 0 Å². The van der Waals surface area contributed by atoms with Crippen molar-refractivity contribution in [1.82, 2.24) is 9.80 Å². The van der Waals surface area contributed by atoms with Gasteiger partial charge in [-0.2, -0.15) is 0 Å². The van der Waals surface area contributed by atoms with Gasteiger partial charge >= 0.3 is 0 Å². The molecule has 24 heavy (non-hydrogen) atoms. The third-order valence-corrected chi connectivity index (χ3v) is 5.06. The molecule has 4 nitrogen and oxygen atoms in total. The topological polar surface area (TPSA) is 32.8 Å². The number of carbonyl (C=O) groups is 1. The molecule has 140 valence electrons. The number of amides is 1. The number of carbonyl (C=O) groups excluding carboxylic acids is 1. The molecule has 0 aromatic carbocycles. The van der Waals surface area contributed by atoms with Gasteiger partial charge in [-0.3, -0.25) is 9.69 Å². The van der Waals surface area contributed by atoms with Crippen LogP contribution >= 0.6 is 12.2 Å². The summed E-state index contributed by atoms with van der Waals surface area (Å²) in [6.07, 6.45) is 5.74. The summed E-state index contributed by atoms with van der Waals surface area (Å²) in [5.41, 5.74) is 0.0992. The Morgan fingerprint density at radius 3 is 2.50 bits per heavy atom. The Bertz CT molecular complexity index is 410. The first kappa shape index (κ1) is 21.4. The average Bonchev–Trinajstić information content (AvgIpc) is 2.76. The molecular weight excluding hydrogens is 320 g/mol. The molecule has 1 saturated heterocycles. The maximum Gasteiger partial charge on any atom is 0.248 e. The molecule has 0 bridgehead atoms. The minimum absolute atomic E-state index is 0.0992. The Kier molecular flexibility index (Phi) is 9.21. The van der Waals surface area contributed by atoms with Gasteiger partial charge in [0.1, 0.15) is 0 Å². The van der Waals surface area contributed by atoms with Crippen LogP contribution in [0.3, 0.4) is 0 Å². The number of thiocarbonyl (C=S) groups is 1. The van der Waals surface area contributed by atoms with Crippen molar-refractivity contribution >= 4 is 23.2 Å². The molecule has 0 aromatic rings. The fraction of sp³-hybridized carbons (Fsp3) is 0.895. The Hall–Kier alpha value is -0.680. The van der Waals surface area contributed by atoms with E-state index in [2.05, 4.69) is 27.7 Å². The number of likely N-dealkylation sites (N-methyl/N-ethyl adjacent to an activating group) is 1. The lowest BCUT2D eigenvalue weighted by Gasteiger charge is -2.30. The van der Waals surface area contributed by atoms with Crippen LogP contribution in [-0.2, 0) is 9.53 Å². The molecule has 1 aliphatic rings. The summed E-state index contributed by atoms with van der Waals surface area (Å²) < 4.78 is 5.66. The van der Waals surface area contributed by atoms with E-state index in [0.29, 0.717) is 17.6 Å². The molecule has 0 unspecified atom stereocenters. The summed E-state index contributed by atoms with van der Waals surface area (Å²) in [6.45, 7) is 14.7. The second-order valence-electron chi connectivity index (χ2n) is 8.05. The van der Waals surface area contributed by atoms with Crippen LogP contribution in [0.4, 0.5) is 0 Å². The molecule has 1 rings (SSSR count). The molecule has 0 aliphatic carbocycles. The van der Waals surface area contributed by atoms with Crippen molar-refractivity contribution in [2.45, 2.75) is 66.7 Å². The Morgan fingerprint density at radius 2 is 1.92 bits per heavy atom. The molecule has 0 spiro atoms. The first-order valence-corrected chi connectivity index (χ1v) is 9.84. The molecule has 1 amide bonds. The van der Waals surface area contributed by atoms with E-state index in [0.717, 1.165) is 45.6 Å². The van der Waals surface area contributed by atoms with E-state index in [4.69, 9.17) is 17.0 Å². The van der Waals surface area contributed by atoms with Crippen molar-refractivity contribution < 1.29 is 9.53 Å². The fourth-order valence-corrected chi connectivity index (χ4v) is 3.27. The van der Waals surface area contributed by atoms with Crippen molar-refractivity contribution in [3.63, 3.8) is 0 Å². The predicted octanol–water partition coefficient (Wildman–Crippen LogP) is 4.08. The van der Waals surface area contributed by atoms with Gasteiger partial charge in [0, 0.05) is 26.3 Å². The van der Waals surface area contributed by atoms with Crippen LogP contribution < -0.4 is 0 Å². The van der Waals surface area contributed by atoms with E-state index in [1.165, 1.54) is 12.8 Å². The van der Waals surface area contributed by atoms with Crippen LogP contribution in [0.1, 0.15) is 66.7 Å². The van der Waals surface area contributed by atoms with Gasteiger partial charge < -0.3 is 9.64 Å². The molecule has 0 saturated carbocycles. The van der Waals surface area contributed by atoms with Gasteiger partial charge in [-0.15, -0.1) is 0 Å². The molecule has 0 N–H and O–H groups in total. The number of hydrogen-bond donors (Lipinski definition) is 0. The van der Waals surface area contributed by atoms with Gasteiger partial charge in [-0.25, -0.2) is 0 Å². The van der Waals surface area contributed by atoms with Crippen molar-refractivity contribution in [1.29, 1.82) is 0 Å². The van der Waals surface area contributed by atoms with E-state index in [1.807, 2.05) is 11.8 Å². The van der Waals surface area contributed by atoms with E-state index >= 15 is 0 Å². The van der Waals surface area contributed by atoms with Crippen molar-refractivity contribution in [2.24, 2.45) is 11.3 Å². The third-order valence-electron chi connectivity index (χ3n) is 4.58. The number of rotatable bonds is 12. The maximum absolute atomic E-state index is 12.1. The van der Waals surface area contributed by atoms with Gasteiger partial charge in [0.15, 0.2) is 5.11 Å². The summed E-state index contributed by atoms with van der Waals surface area (Å²) in [6, 6.07) is 0. The van der Waals surface area contributed by atoms with Crippen molar-refractivity contribution in [3.8, 4) is 0 Å².